The Morgan fingerprint density at radius 3 is 2.57 bits per heavy atom. The minimum Gasteiger partial charge on any atom is -0.297 e. The Labute approximate surface area is 128 Å². The molecule has 0 bridgehead atoms. The van der Waals surface area contributed by atoms with Crippen molar-refractivity contribution >= 4 is 5.78 Å². The first-order chi connectivity index (χ1) is 10.0. The quantitative estimate of drug-likeness (QED) is 0.837. The molecule has 3 rings (SSSR count). The molecule has 0 heterocycles. The first-order valence-electron chi connectivity index (χ1n) is 8.31. The van der Waals surface area contributed by atoms with Crippen LogP contribution in [0, 0.1) is 11.8 Å². The molecule has 2 aliphatic carbocycles. The second kappa shape index (κ2) is 5.57. The van der Waals surface area contributed by atoms with Gasteiger partial charge in [-0.25, -0.2) is 0 Å². The summed E-state index contributed by atoms with van der Waals surface area (Å²) in [6.07, 6.45) is 5.59. The van der Waals surface area contributed by atoms with Gasteiger partial charge in [0.15, 0.2) is 5.78 Å². The molecule has 2 nitrogen and oxygen atoms in total. The average Bonchev–Trinajstić information content (AvgIpc) is 3.27. The Hall–Kier alpha value is -1.15. The standard InChI is InChI=1S/C19H27NO/c1-14-8-7-11-19(13-14,20(2)3)18(21)17-12-16(17)15-9-5-4-6-10-15/h4-6,9-10,14,16-17H,7-8,11-13H2,1-3H3. The third-order valence-corrected chi connectivity index (χ3v) is 5.64. The van der Waals surface area contributed by atoms with Gasteiger partial charge in [0.2, 0.25) is 0 Å². The molecule has 114 valence electrons. The second-order valence-electron chi connectivity index (χ2n) is 7.35. The number of likely N-dealkylation sites (N-methyl/N-ethyl adjacent to an activating group) is 1. The lowest BCUT2D eigenvalue weighted by atomic mass is 9.71. The highest BCUT2D eigenvalue weighted by molar-refractivity contribution is 5.93. The molecule has 2 heteroatoms. The van der Waals surface area contributed by atoms with Crippen molar-refractivity contribution in [2.75, 3.05) is 14.1 Å². The van der Waals surface area contributed by atoms with Crippen molar-refractivity contribution in [3.8, 4) is 0 Å². The van der Waals surface area contributed by atoms with Crippen LogP contribution in [0.1, 0.15) is 50.5 Å². The van der Waals surface area contributed by atoms with E-state index in [9.17, 15) is 4.79 Å². The maximum Gasteiger partial charge on any atom is 0.156 e. The van der Waals surface area contributed by atoms with Gasteiger partial charge in [-0.2, -0.15) is 0 Å². The summed E-state index contributed by atoms with van der Waals surface area (Å²) >= 11 is 0. The molecule has 2 aliphatic rings. The van der Waals surface area contributed by atoms with Crippen LogP contribution in [0.3, 0.4) is 0 Å². The molecule has 0 N–H and O–H groups in total. The van der Waals surface area contributed by atoms with Crippen molar-refractivity contribution in [3.05, 3.63) is 35.9 Å². The molecule has 4 atom stereocenters. The number of benzene rings is 1. The van der Waals surface area contributed by atoms with Gasteiger partial charge < -0.3 is 0 Å². The van der Waals surface area contributed by atoms with Crippen molar-refractivity contribution in [3.63, 3.8) is 0 Å². The molecule has 0 aliphatic heterocycles. The third-order valence-electron chi connectivity index (χ3n) is 5.64. The molecule has 1 aromatic carbocycles. The van der Waals surface area contributed by atoms with Gasteiger partial charge >= 0.3 is 0 Å². The van der Waals surface area contributed by atoms with Crippen molar-refractivity contribution in [1.29, 1.82) is 0 Å². The van der Waals surface area contributed by atoms with E-state index < -0.39 is 0 Å². The molecule has 2 fully saturated rings. The summed E-state index contributed by atoms with van der Waals surface area (Å²) in [5, 5.41) is 0. The number of carbonyl (C=O) groups is 1. The Kier molecular flexibility index (Phi) is 3.92. The predicted octanol–water partition coefficient (Wildman–Crippen LogP) is 3.87. The fourth-order valence-electron chi connectivity index (χ4n) is 4.27. The van der Waals surface area contributed by atoms with Crippen LogP contribution < -0.4 is 0 Å². The van der Waals surface area contributed by atoms with Crippen LogP contribution in [-0.4, -0.2) is 30.3 Å². The van der Waals surface area contributed by atoms with Crippen LogP contribution in [0.25, 0.3) is 0 Å². The maximum absolute atomic E-state index is 13.2. The van der Waals surface area contributed by atoms with Crippen LogP contribution in [-0.2, 0) is 4.79 Å². The zero-order chi connectivity index (χ0) is 15.0. The highest BCUT2D eigenvalue weighted by atomic mass is 16.1. The van der Waals surface area contributed by atoms with E-state index in [1.807, 2.05) is 6.07 Å². The lowest BCUT2D eigenvalue weighted by Crippen LogP contribution is -2.54. The highest BCUT2D eigenvalue weighted by Gasteiger charge is 2.53. The van der Waals surface area contributed by atoms with Gasteiger partial charge in [0.05, 0.1) is 5.54 Å². The van der Waals surface area contributed by atoms with Gasteiger partial charge in [0.1, 0.15) is 0 Å². The van der Waals surface area contributed by atoms with Gasteiger partial charge in [-0.1, -0.05) is 50.1 Å². The zero-order valence-corrected chi connectivity index (χ0v) is 13.5. The van der Waals surface area contributed by atoms with E-state index in [0.29, 0.717) is 17.6 Å². The lowest BCUT2D eigenvalue weighted by Gasteiger charge is -2.44. The molecule has 0 amide bonds. The molecular weight excluding hydrogens is 258 g/mol. The second-order valence-corrected chi connectivity index (χ2v) is 7.35. The van der Waals surface area contributed by atoms with Crippen molar-refractivity contribution in [1.82, 2.24) is 4.90 Å². The largest absolute Gasteiger partial charge is 0.297 e. The monoisotopic (exact) mass is 285 g/mol. The molecule has 4 unspecified atom stereocenters. The number of rotatable bonds is 4. The predicted molar refractivity (Wildman–Crippen MR) is 86.3 cm³/mol. The molecule has 0 aromatic heterocycles. The average molecular weight is 285 g/mol. The first-order valence-corrected chi connectivity index (χ1v) is 8.31. The fourth-order valence-corrected chi connectivity index (χ4v) is 4.27. The minimum absolute atomic E-state index is 0.203. The van der Waals surface area contributed by atoms with Crippen LogP contribution in [0.15, 0.2) is 30.3 Å². The van der Waals surface area contributed by atoms with Gasteiger partial charge in [0, 0.05) is 5.92 Å². The molecule has 1 aromatic rings. The Morgan fingerprint density at radius 1 is 1.24 bits per heavy atom. The number of hydrogen-bond acceptors (Lipinski definition) is 2. The highest BCUT2D eigenvalue weighted by Crippen LogP contribution is 2.52. The van der Waals surface area contributed by atoms with E-state index in [1.54, 1.807) is 0 Å². The van der Waals surface area contributed by atoms with Crippen LogP contribution >= 0.6 is 0 Å². The summed E-state index contributed by atoms with van der Waals surface area (Å²) < 4.78 is 0. The van der Waals surface area contributed by atoms with Crippen LogP contribution in [0.2, 0.25) is 0 Å². The Bertz CT molecular complexity index is 510. The SMILES string of the molecule is CC1CCCC(C(=O)C2CC2c2ccccc2)(N(C)C)C1. The third kappa shape index (κ3) is 2.66. The summed E-state index contributed by atoms with van der Waals surface area (Å²) in [4.78, 5) is 15.4. The Morgan fingerprint density at radius 2 is 1.95 bits per heavy atom. The van der Waals surface area contributed by atoms with Gasteiger partial charge in [0.25, 0.3) is 0 Å². The van der Waals surface area contributed by atoms with E-state index in [-0.39, 0.29) is 11.5 Å². The number of nitrogens with zero attached hydrogens (tertiary/aromatic N) is 1. The van der Waals surface area contributed by atoms with Crippen molar-refractivity contribution in [2.24, 2.45) is 11.8 Å². The van der Waals surface area contributed by atoms with E-state index in [1.165, 1.54) is 18.4 Å². The van der Waals surface area contributed by atoms with Crippen molar-refractivity contribution < 1.29 is 4.79 Å². The van der Waals surface area contributed by atoms with Gasteiger partial charge in [-0.3, -0.25) is 9.69 Å². The summed E-state index contributed by atoms with van der Waals surface area (Å²) in [7, 11) is 4.19. The topological polar surface area (TPSA) is 20.3 Å². The van der Waals surface area contributed by atoms with E-state index in [0.717, 1.165) is 19.3 Å². The van der Waals surface area contributed by atoms with E-state index in [4.69, 9.17) is 0 Å². The Balaban J connectivity index is 1.78. The van der Waals surface area contributed by atoms with Gasteiger partial charge in [-0.15, -0.1) is 0 Å². The lowest BCUT2D eigenvalue weighted by molar-refractivity contribution is -0.134. The number of Topliss-reactive ketones (excluding diaryl/α,β-unsaturated/α-hetero) is 1. The number of carbonyl (C=O) groups excluding carboxylic acids is 1. The summed E-state index contributed by atoms with van der Waals surface area (Å²) in [6.45, 7) is 2.30. The molecule has 21 heavy (non-hydrogen) atoms. The molecule has 0 spiro atoms. The summed E-state index contributed by atoms with van der Waals surface area (Å²) in [6, 6.07) is 10.6. The number of hydrogen-bond donors (Lipinski definition) is 0. The smallest absolute Gasteiger partial charge is 0.156 e. The minimum atomic E-state index is -0.203. The maximum atomic E-state index is 13.2. The van der Waals surface area contributed by atoms with Crippen molar-refractivity contribution in [2.45, 2.75) is 50.5 Å². The van der Waals surface area contributed by atoms with E-state index in [2.05, 4.69) is 50.2 Å². The fraction of sp³-hybridized carbons (Fsp3) is 0.632. The zero-order valence-electron chi connectivity index (χ0n) is 13.5. The molecule has 2 saturated carbocycles. The normalized spacial score (nSPS) is 35.7. The molecule has 0 saturated heterocycles. The van der Waals surface area contributed by atoms with Gasteiger partial charge in [-0.05, 0) is 50.8 Å². The van der Waals surface area contributed by atoms with Crippen LogP contribution in [0.5, 0.6) is 0 Å². The summed E-state index contributed by atoms with van der Waals surface area (Å²) in [5.74, 6) is 1.89. The molecule has 0 radical (unpaired) electrons. The van der Waals surface area contributed by atoms with E-state index >= 15 is 0 Å². The van der Waals surface area contributed by atoms with Crippen LogP contribution in [0.4, 0.5) is 0 Å². The number of ketones is 1. The first kappa shape index (κ1) is 14.8. The summed E-state index contributed by atoms with van der Waals surface area (Å²) in [5.41, 5.74) is 1.14. The molecular formula is C19H27NO.